The van der Waals surface area contributed by atoms with Crippen LogP contribution in [0.15, 0.2) is 0 Å². The van der Waals surface area contributed by atoms with Gasteiger partial charge in [0, 0.05) is 31.5 Å². The van der Waals surface area contributed by atoms with E-state index >= 15 is 0 Å². The van der Waals surface area contributed by atoms with Crippen molar-refractivity contribution in [3.05, 3.63) is 0 Å². The van der Waals surface area contributed by atoms with Gasteiger partial charge in [0.2, 0.25) is 0 Å². The molecule has 0 aromatic heterocycles. The Kier molecular flexibility index (Phi) is 4.22. The summed E-state index contributed by atoms with van der Waals surface area (Å²) in [5.74, 6) is 6.80. The maximum atomic E-state index is 12.2. The minimum absolute atomic E-state index is 0.462. The number of hydrogen-bond donors (Lipinski definition) is 0. The summed E-state index contributed by atoms with van der Waals surface area (Å²) in [5, 5.41) is 0. The summed E-state index contributed by atoms with van der Waals surface area (Å²) in [4.78, 5) is 15.2. The smallest absolute Gasteiger partial charge is 0.133 e. The fourth-order valence-corrected chi connectivity index (χ4v) is 10.8. The molecule has 0 unspecified atom stereocenters. The summed E-state index contributed by atoms with van der Waals surface area (Å²) in [6.45, 7) is 11.8. The Bertz CT molecular complexity index is 703. The molecule has 29 heavy (non-hydrogen) atoms. The number of nitrogens with zero attached hydrogens (tertiary/aromatic N) is 1. The van der Waals surface area contributed by atoms with E-state index in [1.54, 1.807) is 0 Å². The van der Waals surface area contributed by atoms with E-state index in [4.69, 9.17) is 0 Å². The lowest BCUT2D eigenvalue weighted by atomic mass is 9.44. The molecule has 0 amide bonds. The summed E-state index contributed by atoms with van der Waals surface area (Å²) in [5.41, 5.74) is 1.04. The van der Waals surface area contributed by atoms with Crippen LogP contribution >= 0.6 is 0 Å². The topological polar surface area (TPSA) is 20.3 Å². The molecular weight excluding hydrogens is 354 g/mol. The second-order valence-electron chi connectivity index (χ2n) is 13.1. The van der Waals surface area contributed by atoms with E-state index in [1.807, 2.05) is 0 Å². The maximum absolute atomic E-state index is 12.2. The van der Waals surface area contributed by atoms with Crippen molar-refractivity contribution in [3.8, 4) is 0 Å². The predicted octanol–water partition coefficient (Wildman–Crippen LogP) is 5.94. The van der Waals surface area contributed by atoms with Crippen LogP contribution in [0.3, 0.4) is 0 Å². The van der Waals surface area contributed by atoms with E-state index in [9.17, 15) is 4.79 Å². The van der Waals surface area contributed by atoms with E-state index in [2.05, 4.69) is 32.6 Å². The Hall–Kier alpha value is -0.370. The van der Waals surface area contributed by atoms with Crippen LogP contribution < -0.4 is 0 Å². The average molecular weight is 398 g/mol. The summed E-state index contributed by atoms with van der Waals surface area (Å²) >= 11 is 0. The standard InChI is InChI=1S/C27H43NO/c1-16-5-8-23-17(2)25-24(28(23)15-16)14-22-20-7-6-18-13-19(29)9-11-26(18,3)21(20)10-12-27(22,25)4/h16-18,20-25H,5-15H2,1-4H3/t16-,17+,18-,20+,21-,22-,23+,24-,25-,26-,27-/m0/s1. The van der Waals surface area contributed by atoms with Gasteiger partial charge in [-0.3, -0.25) is 9.69 Å². The highest BCUT2D eigenvalue weighted by molar-refractivity contribution is 5.79. The zero-order valence-electron chi connectivity index (χ0n) is 19.3. The molecule has 0 aromatic rings. The van der Waals surface area contributed by atoms with Gasteiger partial charge in [-0.15, -0.1) is 0 Å². The van der Waals surface area contributed by atoms with E-state index < -0.39 is 0 Å². The Labute approximate surface area is 178 Å². The van der Waals surface area contributed by atoms with Crippen LogP contribution in [0, 0.1) is 52.3 Å². The van der Waals surface area contributed by atoms with E-state index in [0.29, 0.717) is 22.5 Å². The molecule has 2 saturated heterocycles. The number of piperidine rings is 1. The molecule has 0 radical (unpaired) electrons. The molecule has 0 spiro atoms. The lowest BCUT2D eigenvalue weighted by Crippen LogP contribution is -2.54. The second-order valence-corrected chi connectivity index (χ2v) is 13.1. The maximum Gasteiger partial charge on any atom is 0.133 e. The van der Waals surface area contributed by atoms with Crippen molar-refractivity contribution in [2.45, 2.75) is 104 Å². The van der Waals surface area contributed by atoms with Gasteiger partial charge in [-0.05, 0) is 104 Å². The van der Waals surface area contributed by atoms with Crippen molar-refractivity contribution in [3.63, 3.8) is 0 Å². The molecule has 0 aromatic carbocycles. The zero-order chi connectivity index (χ0) is 20.1. The molecule has 162 valence electrons. The van der Waals surface area contributed by atoms with Crippen molar-refractivity contribution in [1.29, 1.82) is 0 Å². The molecular formula is C27H43NO. The van der Waals surface area contributed by atoms with Gasteiger partial charge in [-0.2, -0.15) is 0 Å². The fraction of sp³-hybridized carbons (Fsp3) is 0.963. The first kappa shape index (κ1) is 19.3. The van der Waals surface area contributed by atoms with Crippen LogP contribution in [0.4, 0.5) is 0 Å². The van der Waals surface area contributed by atoms with Crippen LogP contribution in [0.2, 0.25) is 0 Å². The fourth-order valence-electron chi connectivity index (χ4n) is 10.8. The van der Waals surface area contributed by atoms with Crippen LogP contribution in [0.5, 0.6) is 0 Å². The van der Waals surface area contributed by atoms with Crippen molar-refractivity contribution in [2.24, 2.45) is 52.3 Å². The number of hydrogen-bond acceptors (Lipinski definition) is 2. The number of ketones is 1. The predicted molar refractivity (Wildman–Crippen MR) is 117 cm³/mol. The lowest BCUT2D eigenvalue weighted by Gasteiger charge is -2.60. The van der Waals surface area contributed by atoms with Crippen molar-refractivity contribution >= 4 is 5.78 Å². The zero-order valence-corrected chi connectivity index (χ0v) is 19.3. The molecule has 4 aliphatic carbocycles. The monoisotopic (exact) mass is 397 g/mol. The van der Waals surface area contributed by atoms with E-state index in [-0.39, 0.29) is 0 Å². The molecule has 2 heterocycles. The van der Waals surface area contributed by atoms with Crippen molar-refractivity contribution < 1.29 is 4.79 Å². The molecule has 0 N–H and O–H groups in total. The molecule has 6 rings (SSSR count). The van der Waals surface area contributed by atoms with Crippen LogP contribution in [0.1, 0.15) is 91.9 Å². The normalized spacial score (nSPS) is 59.4. The van der Waals surface area contributed by atoms with Gasteiger partial charge in [-0.25, -0.2) is 0 Å². The highest BCUT2D eigenvalue weighted by Gasteiger charge is 2.66. The molecule has 2 nitrogen and oxygen atoms in total. The largest absolute Gasteiger partial charge is 0.300 e. The summed E-state index contributed by atoms with van der Waals surface area (Å²) in [6, 6.07) is 1.76. The Morgan fingerprint density at radius 1 is 0.897 bits per heavy atom. The third-order valence-corrected chi connectivity index (χ3v) is 12.1. The second kappa shape index (κ2) is 6.33. The first-order chi connectivity index (χ1) is 13.8. The van der Waals surface area contributed by atoms with Crippen LogP contribution in [0.25, 0.3) is 0 Å². The van der Waals surface area contributed by atoms with E-state index in [1.165, 1.54) is 57.9 Å². The summed E-state index contributed by atoms with van der Waals surface area (Å²) < 4.78 is 0. The minimum Gasteiger partial charge on any atom is -0.300 e. The van der Waals surface area contributed by atoms with E-state index in [0.717, 1.165) is 60.4 Å². The number of fused-ring (bicyclic) bond motifs is 9. The first-order valence-electron chi connectivity index (χ1n) is 13.1. The molecule has 6 aliphatic rings. The van der Waals surface area contributed by atoms with Gasteiger partial charge in [0.05, 0.1) is 0 Å². The van der Waals surface area contributed by atoms with Gasteiger partial charge >= 0.3 is 0 Å². The van der Waals surface area contributed by atoms with Gasteiger partial charge in [0.15, 0.2) is 0 Å². The van der Waals surface area contributed by atoms with Gasteiger partial charge in [-0.1, -0.05) is 27.7 Å². The lowest BCUT2D eigenvalue weighted by molar-refractivity contribution is -0.140. The third-order valence-electron chi connectivity index (χ3n) is 12.1. The Morgan fingerprint density at radius 3 is 2.55 bits per heavy atom. The molecule has 0 bridgehead atoms. The minimum atomic E-state index is 0.462. The molecule has 2 aliphatic heterocycles. The van der Waals surface area contributed by atoms with Gasteiger partial charge in [0.1, 0.15) is 5.78 Å². The first-order valence-corrected chi connectivity index (χ1v) is 13.1. The number of rotatable bonds is 0. The molecule has 4 saturated carbocycles. The van der Waals surface area contributed by atoms with Crippen LogP contribution in [-0.2, 0) is 4.79 Å². The summed E-state index contributed by atoms with van der Waals surface area (Å²) in [7, 11) is 0. The third kappa shape index (κ3) is 2.48. The summed E-state index contributed by atoms with van der Waals surface area (Å²) in [6.07, 6.45) is 13.0. The number of carbonyl (C=O) groups is 1. The highest BCUT2D eigenvalue weighted by atomic mass is 16.1. The number of carbonyl (C=O) groups excluding carboxylic acids is 1. The SMILES string of the molecule is C[C@H]1CC[C@@H]2[C@@H](C)[C@H]3[C@H](C[C@H]4[C@@H]5CC[C@H]6CC(=O)CC[C@]6(C)[C@H]5CC[C@]34C)N2C1. The van der Waals surface area contributed by atoms with Crippen molar-refractivity contribution in [1.82, 2.24) is 4.90 Å². The van der Waals surface area contributed by atoms with Crippen molar-refractivity contribution in [2.75, 3.05) is 6.54 Å². The molecule has 6 fully saturated rings. The Balaban J connectivity index is 1.31. The average Bonchev–Trinajstić information content (AvgIpc) is 3.15. The van der Waals surface area contributed by atoms with Gasteiger partial charge in [0.25, 0.3) is 0 Å². The Morgan fingerprint density at radius 2 is 1.72 bits per heavy atom. The molecule has 2 heteroatoms. The van der Waals surface area contributed by atoms with Gasteiger partial charge < -0.3 is 0 Å². The van der Waals surface area contributed by atoms with Crippen LogP contribution in [-0.4, -0.2) is 29.3 Å². The number of Topliss-reactive ketones (excluding diaryl/α,β-unsaturated/α-hetero) is 1. The quantitative estimate of drug-likeness (QED) is 0.504. The molecule has 11 atom stereocenters. The highest BCUT2D eigenvalue weighted by Crippen LogP contribution is 2.70.